The van der Waals surface area contributed by atoms with Gasteiger partial charge in [-0.1, -0.05) is 0 Å². The molecule has 1 aliphatic carbocycles. The van der Waals surface area contributed by atoms with Crippen LogP contribution in [0.2, 0.25) is 0 Å². The first-order valence-electron chi connectivity index (χ1n) is 8.63. The third-order valence-corrected chi connectivity index (χ3v) is 5.74. The predicted molar refractivity (Wildman–Crippen MR) is 94.6 cm³/mol. The minimum atomic E-state index is -0.711. The zero-order valence-corrected chi connectivity index (χ0v) is 14.9. The van der Waals surface area contributed by atoms with Crippen LogP contribution in [0.3, 0.4) is 0 Å². The predicted octanol–water partition coefficient (Wildman–Crippen LogP) is 0.885. The van der Waals surface area contributed by atoms with Crippen molar-refractivity contribution in [2.75, 3.05) is 44.7 Å². The van der Waals surface area contributed by atoms with E-state index in [2.05, 4.69) is 21.6 Å². The van der Waals surface area contributed by atoms with Gasteiger partial charge in [0.05, 0.1) is 18.8 Å². The minimum Gasteiger partial charge on any atom is -0.379 e. The number of morpholine rings is 1. The second-order valence-corrected chi connectivity index (χ2v) is 7.30. The molecule has 1 aliphatic heterocycles. The monoisotopic (exact) mass is 362 g/mol. The Labute approximate surface area is 150 Å². The molecular weight excluding hydrogens is 340 g/mol. The number of nitriles is 1. The number of fused-ring (bicyclic) bond motifs is 1. The van der Waals surface area contributed by atoms with E-state index in [1.807, 2.05) is 0 Å². The van der Waals surface area contributed by atoms with Crippen LogP contribution in [-0.4, -0.2) is 56.1 Å². The van der Waals surface area contributed by atoms with E-state index in [1.165, 1.54) is 11.3 Å². The van der Waals surface area contributed by atoms with Gasteiger partial charge in [0.2, 0.25) is 0 Å². The van der Waals surface area contributed by atoms with Gasteiger partial charge in [-0.2, -0.15) is 5.26 Å². The molecule has 1 saturated heterocycles. The van der Waals surface area contributed by atoms with Gasteiger partial charge in [0.15, 0.2) is 0 Å². The molecule has 0 aromatic carbocycles. The van der Waals surface area contributed by atoms with Gasteiger partial charge in [-0.15, -0.1) is 11.3 Å². The van der Waals surface area contributed by atoms with Gasteiger partial charge < -0.3 is 15.4 Å². The largest absolute Gasteiger partial charge is 0.379 e. The summed E-state index contributed by atoms with van der Waals surface area (Å²) in [6, 6.07) is 2.18. The molecular formula is C17H22N4O3S. The summed E-state index contributed by atoms with van der Waals surface area (Å²) in [5, 5.41) is 15.1. The number of nitrogens with zero attached hydrogens (tertiary/aromatic N) is 2. The molecule has 1 aromatic heterocycles. The number of anilines is 1. The van der Waals surface area contributed by atoms with Crippen molar-refractivity contribution in [1.29, 1.82) is 5.26 Å². The summed E-state index contributed by atoms with van der Waals surface area (Å²) >= 11 is 1.42. The summed E-state index contributed by atoms with van der Waals surface area (Å²) in [4.78, 5) is 27.4. The van der Waals surface area contributed by atoms with E-state index in [9.17, 15) is 14.9 Å². The molecule has 0 atom stereocenters. The SMILES string of the molecule is N#Cc1c(NC(=O)C(=O)NCCN2CCOCC2)sc2c1CCCC2. The number of carbonyl (C=O) groups is 2. The van der Waals surface area contributed by atoms with Crippen LogP contribution in [0.1, 0.15) is 28.8 Å². The lowest BCUT2D eigenvalue weighted by Crippen LogP contribution is -2.43. The molecule has 2 heterocycles. The van der Waals surface area contributed by atoms with Crippen molar-refractivity contribution in [1.82, 2.24) is 10.2 Å². The van der Waals surface area contributed by atoms with E-state index in [1.54, 1.807) is 0 Å². The van der Waals surface area contributed by atoms with Crippen LogP contribution in [0, 0.1) is 11.3 Å². The van der Waals surface area contributed by atoms with Gasteiger partial charge in [-0.3, -0.25) is 14.5 Å². The molecule has 7 nitrogen and oxygen atoms in total. The summed E-state index contributed by atoms with van der Waals surface area (Å²) in [7, 11) is 0. The zero-order valence-electron chi connectivity index (χ0n) is 14.1. The van der Waals surface area contributed by atoms with Gasteiger partial charge >= 0.3 is 11.8 Å². The van der Waals surface area contributed by atoms with Gasteiger partial charge in [-0.25, -0.2) is 0 Å². The van der Waals surface area contributed by atoms with E-state index < -0.39 is 11.8 Å². The summed E-state index contributed by atoms with van der Waals surface area (Å²) in [6.45, 7) is 4.20. The first-order chi connectivity index (χ1) is 12.2. The number of hydrogen-bond donors (Lipinski definition) is 2. The topological polar surface area (TPSA) is 94.5 Å². The standard InChI is InChI=1S/C17H22N4O3S/c18-11-13-12-3-1-2-4-14(12)25-17(13)20-16(23)15(22)19-5-6-21-7-9-24-10-8-21/h1-10H2,(H,19,22)(H,20,23). The van der Waals surface area contributed by atoms with E-state index in [0.717, 1.165) is 49.2 Å². The number of ether oxygens (including phenoxy) is 1. The van der Waals surface area contributed by atoms with E-state index in [-0.39, 0.29) is 0 Å². The molecule has 1 aromatic rings. The smallest absolute Gasteiger partial charge is 0.314 e. The van der Waals surface area contributed by atoms with Crippen molar-refractivity contribution < 1.29 is 14.3 Å². The molecule has 0 unspecified atom stereocenters. The van der Waals surface area contributed by atoms with E-state index in [4.69, 9.17) is 4.74 Å². The molecule has 2 N–H and O–H groups in total. The van der Waals surface area contributed by atoms with Crippen molar-refractivity contribution in [3.05, 3.63) is 16.0 Å². The molecule has 0 bridgehead atoms. The highest BCUT2D eigenvalue weighted by atomic mass is 32.1. The summed E-state index contributed by atoms with van der Waals surface area (Å²) in [5.41, 5.74) is 1.57. The fourth-order valence-corrected chi connectivity index (χ4v) is 4.40. The lowest BCUT2D eigenvalue weighted by atomic mass is 9.96. The third-order valence-electron chi connectivity index (χ3n) is 4.53. The van der Waals surface area contributed by atoms with Crippen LogP contribution < -0.4 is 10.6 Å². The second-order valence-electron chi connectivity index (χ2n) is 6.19. The molecule has 134 valence electrons. The molecule has 0 spiro atoms. The number of carbonyl (C=O) groups excluding carboxylic acids is 2. The van der Waals surface area contributed by atoms with Gasteiger partial charge in [0.1, 0.15) is 11.1 Å². The Morgan fingerprint density at radius 3 is 2.72 bits per heavy atom. The third kappa shape index (κ3) is 4.37. The number of hydrogen-bond acceptors (Lipinski definition) is 6. The van der Waals surface area contributed by atoms with E-state index >= 15 is 0 Å². The average Bonchev–Trinajstić information content (AvgIpc) is 2.99. The van der Waals surface area contributed by atoms with Crippen LogP contribution in [0.5, 0.6) is 0 Å². The van der Waals surface area contributed by atoms with Crippen molar-refractivity contribution in [2.45, 2.75) is 25.7 Å². The van der Waals surface area contributed by atoms with Crippen LogP contribution in [-0.2, 0) is 27.2 Å². The number of thiophene rings is 1. The lowest BCUT2D eigenvalue weighted by Gasteiger charge is -2.26. The highest BCUT2D eigenvalue weighted by Crippen LogP contribution is 2.37. The molecule has 3 rings (SSSR count). The Hall–Kier alpha value is -1.95. The van der Waals surface area contributed by atoms with E-state index in [0.29, 0.717) is 36.9 Å². The van der Waals surface area contributed by atoms with Gasteiger partial charge in [0.25, 0.3) is 0 Å². The van der Waals surface area contributed by atoms with Crippen LogP contribution >= 0.6 is 11.3 Å². The Morgan fingerprint density at radius 2 is 1.96 bits per heavy atom. The van der Waals surface area contributed by atoms with Gasteiger partial charge in [0, 0.05) is 31.1 Å². The number of aryl methyl sites for hydroxylation is 1. The Bertz CT molecular complexity index is 689. The molecule has 8 heteroatoms. The maximum absolute atomic E-state index is 12.1. The second kappa shape index (κ2) is 8.43. The lowest BCUT2D eigenvalue weighted by molar-refractivity contribution is -0.136. The van der Waals surface area contributed by atoms with Crippen molar-refractivity contribution >= 4 is 28.2 Å². The number of nitrogens with one attached hydrogen (secondary N) is 2. The Morgan fingerprint density at radius 1 is 1.20 bits per heavy atom. The first-order valence-corrected chi connectivity index (χ1v) is 9.44. The maximum atomic E-state index is 12.1. The molecule has 1 fully saturated rings. The quantitative estimate of drug-likeness (QED) is 0.776. The summed E-state index contributed by atoms with van der Waals surface area (Å²) in [5.74, 6) is -1.37. The number of rotatable bonds is 4. The normalized spacial score (nSPS) is 17.4. The fraction of sp³-hybridized carbons (Fsp3) is 0.588. The Kier molecular flexibility index (Phi) is 6.02. The molecule has 0 radical (unpaired) electrons. The molecule has 25 heavy (non-hydrogen) atoms. The van der Waals surface area contributed by atoms with Crippen molar-refractivity contribution in [2.24, 2.45) is 0 Å². The molecule has 2 amide bonds. The highest BCUT2D eigenvalue weighted by Gasteiger charge is 2.23. The average molecular weight is 362 g/mol. The molecule has 0 saturated carbocycles. The van der Waals surface area contributed by atoms with Gasteiger partial charge in [-0.05, 0) is 31.2 Å². The summed E-state index contributed by atoms with van der Waals surface area (Å²) < 4.78 is 5.27. The zero-order chi connectivity index (χ0) is 17.6. The van der Waals surface area contributed by atoms with Crippen LogP contribution in [0.4, 0.5) is 5.00 Å². The summed E-state index contributed by atoms with van der Waals surface area (Å²) in [6.07, 6.45) is 3.98. The van der Waals surface area contributed by atoms with Crippen LogP contribution in [0.15, 0.2) is 0 Å². The first kappa shape index (κ1) is 17.9. The highest BCUT2D eigenvalue weighted by molar-refractivity contribution is 7.16. The maximum Gasteiger partial charge on any atom is 0.314 e. The number of amides is 2. The van der Waals surface area contributed by atoms with Crippen LogP contribution in [0.25, 0.3) is 0 Å². The van der Waals surface area contributed by atoms with Crippen molar-refractivity contribution in [3.63, 3.8) is 0 Å². The minimum absolute atomic E-state index is 0.415. The Balaban J connectivity index is 1.52. The van der Waals surface area contributed by atoms with Crippen molar-refractivity contribution in [3.8, 4) is 6.07 Å². The fourth-order valence-electron chi connectivity index (χ4n) is 3.16. The molecule has 2 aliphatic rings.